The van der Waals surface area contributed by atoms with Gasteiger partial charge in [-0.25, -0.2) is 0 Å². The van der Waals surface area contributed by atoms with E-state index in [1.165, 1.54) is 5.56 Å². The predicted octanol–water partition coefficient (Wildman–Crippen LogP) is 5.65. The molecule has 1 N–H and O–H groups in total. The average Bonchev–Trinajstić information content (AvgIpc) is 2.65. The lowest BCUT2D eigenvalue weighted by Gasteiger charge is -2.35. The molecule has 1 aromatic heterocycles. The molecule has 3 aromatic rings. The van der Waals surface area contributed by atoms with E-state index in [0.29, 0.717) is 5.71 Å². The van der Waals surface area contributed by atoms with Gasteiger partial charge in [-0.15, -0.1) is 0 Å². The van der Waals surface area contributed by atoms with Gasteiger partial charge in [-0.2, -0.15) is 0 Å². The third kappa shape index (κ3) is 3.17. The van der Waals surface area contributed by atoms with Crippen LogP contribution < -0.4 is 0 Å². The molecule has 1 atom stereocenters. The molecule has 2 aromatic carbocycles. The van der Waals surface area contributed by atoms with Gasteiger partial charge in [0.1, 0.15) is 0 Å². The number of aryl methyl sites for hydroxylation is 2. The molecule has 3 nitrogen and oxygen atoms in total. The van der Waals surface area contributed by atoms with Crippen molar-refractivity contribution in [3.8, 4) is 0 Å². The number of aromatic nitrogens is 1. The van der Waals surface area contributed by atoms with Gasteiger partial charge in [-0.3, -0.25) is 4.98 Å². The maximum atomic E-state index is 9.80. The Hall–Kier alpha value is -2.46. The fourth-order valence-corrected chi connectivity index (χ4v) is 3.75. The summed E-state index contributed by atoms with van der Waals surface area (Å²) in [6.45, 7) is 5.89. The minimum Gasteiger partial charge on any atom is -0.411 e. The van der Waals surface area contributed by atoms with Gasteiger partial charge in [0.25, 0.3) is 0 Å². The zero-order valence-corrected chi connectivity index (χ0v) is 16.7. The number of hydrogen-bond donors (Lipinski definition) is 1. The first kappa shape index (κ1) is 18.3. The van der Waals surface area contributed by atoms with Crippen LogP contribution in [0.25, 0.3) is 0 Å². The largest absolute Gasteiger partial charge is 0.411 e. The van der Waals surface area contributed by atoms with Gasteiger partial charge in [-0.05, 0) is 61.7 Å². The Kier molecular flexibility index (Phi) is 5.23. The number of hydrogen-bond acceptors (Lipinski definition) is 3. The third-order valence-electron chi connectivity index (χ3n) is 4.78. The summed E-state index contributed by atoms with van der Waals surface area (Å²) in [5.41, 5.74) is 5.11. The van der Waals surface area contributed by atoms with Crippen LogP contribution in [0.2, 0.25) is 0 Å². The van der Waals surface area contributed by atoms with Crippen LogP contribution >= 0.6 is 15.9 Å². The molecule has 0 bridgehead atoms. The van der Waals surface area contributed by atoms with Gasteiger partial charge in [0, 0.05) is 16.4 Å². The fourth-order valence-electron chi connectivity index (χ4n) is 3.48. The Balaban J connectivity index is 2.42. The summed E-state index contributed by atoms with van der Waals surface area (Å²) in [7, 11) is 0. The van der Waals surface area contributed by atoms with Crippen molar-refractivity contribution in [2.45, 2.75) is 26.2 Å². The molecule has 0 amide bonds. The minimum absolute atomic E-state index is 0.606. The second-order valence-corrected chi connectivity index (χ2v) is 7.41. The Morgan fingerprint density at radius 1 is 0.923 bits per heavy atom. The van der Waals surface area contributed by atoms with Crippen molar-refractivity contribution in [1.29, 1.82) is 0 Å². The normalized spacial score (nSPS) is 14.1. The quantitative estimate of drug-likeness (QED) is 0.344. The molecule has 26 heavy (non-hydrogen) atoms. The summed E-state index contributed by atoms with van der Waals surface area (Å²) in [6, 6.07) is 20.6. The molecule has 0 aliphatic heterocycles. The van der Waals surface area contributed by atoms with E-state index in [1.807, 2.05) is 32.0 Å². The molecule has 0 saturated heterocycles. The van der Waals surface area contributed by atoms with Gasteiger partial charge in [-0.1, -0.05) is 63.0 Å². The smallest absolute Gasteiger partial charge is 0.0866 e. The number of nitrogens with zero attached hydrogens (tertiary/aromatic N) is 2. The van der Waals surface area contributed by atoms with Crippen molar-refractivity contribution >= 4 is 21.6 Å². The van der Waals surface area contributed by atoms with E-state index in [0.717, 1.165) is 26.9 Å². The van der Waals surface area contributed by atoms with Crippen molar-refractivity contribution in [1.82, 2.24) is 4.98 Å². The zero-order chi connectivity index (χ0) is 18.7. The SMILES string of the molecule is C/C(=N/O)[C@](c1ccc(C)cc1)(c1ccc(Br)cc1)c1ccnc(C)c1. The lowest BCUT2D eigenvalue weighted by atomic mass is 9.66. The second kappa shape index (κ2) is 7.42. The van der Waals surface area contributed by atoms with E-state index >= 15 is 0 Å². The van der Waals surface area contributed by atoms with Gasteiger partial charge in [0.15, 0.2) is 0 Å². The van der Waals surface area contributed by atoms with Crippen molar-refractivity contribution < 1.29 is 5.21 Å². The molecule has 0 saturated carbocycles. The number of oxime groups is 1. The monoisotopic (exact) mass is 408 g/mol. The summed E-state index contributed by atoms with van der Waals surface area (Å²) in [4.78, 5) is 4.34. The van der Waals surface area contributed by atoms with Crippen molar-refractivity contribution in [3.05, 3.63) is 99.3 Å². The van der Waals surface area contributed by atoms with Crippen LogP contribution in [-0.2, 0) is 5.41 Å². The van der Waals surface area contributed by atoms with Gasteiger partial charge in [0.2, 0.25) is 0 Å². The maximum absolute atomic E-state index is 9.80. The van der Waals surface area contributed by atoms with Crippen molar-refractivity contribution in [3.63, 3.8) is 0 Å². The Morgan fingerprint density at radius 3 is 2.04 bits per heavy atom. The van der Waals surface area contributed by atoms with Gasteiger partial charge >= 0.3 is 0 Å². The van der Waals surface area contributed by atoms with Crippen molar-refractivity contribution in [2.24, 2.45) is 5.16 Å². The van der Waals surface area contributed by atoms with Gasteiger partial charge < -0.3 is 5.21 Å². The second-order valence-electron chi connectivity index (χ2n) is 6.49. The van der Waals surface area contributed by atoms with E-state index < -0.39 is 5.41 Å². The lowest BCUT2D eigenvalue weighted by Crippen LogP contribution is -2.37. The Labute approximate surface area is 162 Å². The van der Waals surface area contributed by atoms with Crippen LogP contribution in [0.5, 0.6) is 0 Å². The Morgan fingerprint density at radius 2 is 1.50 bits per heavy atom. The number of rotatable bonds is 4. The highest BCUT2D eigenvalue weighted by molar-refractivity contribution is 9.10. The van der Waals surface area contributed by atoms with E-state index in [9.17, 15) is 5.21 Å². The molecule has 0 spiro atoms. The summed E-state index contributed by atoms with van der Waals surface area (Å²) >= 11 is 3.51. The first-order chi connectivity index (χ1) is 12.5. The summed E-state index contributed by atoms with van der Waals surface area (Å²) in [5, 5.41) is 13.4. The first-order valence-electron chi connectivity index (χ1n) is 8.44. The van der Waals surface area contributed by atoms with E-state index in [-0.39, 0.29) is 0 Å². The Bertz CT molecular complexity index is 886. The molecular weight excluding hydrogens is 388 g/mol. The highest BCUT2D eigenvalue weighted by Crippen LogP contribution is 2.41. The predicted molar refractivity (Wildman–Crippen MR) is 109 cm³/mol. The topological polar surface area (TPSA) is 45.5 Å². The molecule has 4 heteroatoms. The average molecular weight is 409 g/mol. The van der Waals surface area contributed by atoms with E-state index in [2.05, 4.69) is 75.5 Å². The molecule has 0 radical (unpaired) electrons. The zero-order valence-electron chi connectivity index (χ0n) is 15.1. The van der Waals surface area contributed by atoms with Gasteiger partial charge in [0.05, 0.1) is 11.1 Å². The summed E-state index contributed by atoms with van der Waals surface area (Å²) in [6.07, 6.45) is 1.80. The number of pyridine rings is 1. The van der Waals surface area contributed by atoms with Crippen LogP contribution in [-0.4, -0.2) is 15.9 Å². The molecular formula is C22H21BrN2O. The molecule has 3 rings (SSSR count). The number of benzene rings is 2. The maximum Gasteiger partial charge on any atom is 0.0866 e. The van der Waals surface area contributed by atoms with Crippen LogP contribution in [0.3, 0.4) is 0 Å². The van der Waals surface area contributed by atoms with Crippen LogP contribution in [0.1, 0.15) is 34.9 Å². The first-order valence-corrected chi connectivity index (χ1v) is 9.23. The highest BCUT2D eigenvalue weighted by Gasteiger charge is 2.40. The summed E-state index contributed by atoms with van der Waals surface area (Å²) < 4.78 is 1.00. The standard InChI is InChI=1S/C22H21BrN2O/c1-15-4-6-18(7-5-15)22(17(3)25-26,19-8-10-21(23)11-9-19)20-12-13-24-16(2)14-20/h4-14,26H,1-3H3/b25-17-/t22-/m0/s1. The van der Waals surface area contributed by atoms with Crippen LogP contribution in [0.4, 0.5) is 0 Å². The molecule has 1 heterocycles. The van der Waals surface area contributed by atoms with Crippen molar-refractivity contribution in [2.75, 3.05) is 0 Å². The summed E-state index contributed by atoms with van der Waals surface area (Å²) in [5.74, 6) is 0. The fraction of sp³-hybridized carbons (Fsp3) is 0.182. The highest BCUT2D eigenvalue weighted by atomic mass is 79.9. The van der Waals surface area contributed by atoms with E-state index in [4.69, 9.17) is 0 Å². The molecule has 0 aliphatic rings. The van der Waals surface area contributed by atoms with Crippen LogP contribution in [0.15, 0.2) is 76.5 Å². The third-order valence-corrected chi connectivity index (χ3v) is 5.31. The molecule has 132 valence electrons. The lowest BCUT2D eigenvalue weighted by molar-refractivity contribution is 0.315. The molecule has 0 unspecified atom stereocenters. The number of halogens is 1. The molecule has 0 fully saturated rings. The van der Waals surface area contributed by atoms with E-state index in [1.54, 1.807) is 6.20 Å². The van der Waals surface area contributed by atoms with Crippen LogP contribution in [0, 0.1) is 13.8 Å². The minimum atomic E-state index is -0.698. The molecule has 0 aliphatic carbocycles.